The quantitative estimate of drug-likeness (QED) is 0.648. The molecule has 2 atom stereocenters. The number of hydrogen-bond acceptors (Lipinski definition) is 2. The molecule has 1 aliphatic rings. The van der Waals surface area contributed by atoms with Gasteiger partial charge in [0.15, 0.2) is 0 Å². The Hall–Kier alpha value is -0.990. The minimum atomic E-state index is -0.143. The molecule has 1 fully saturated rings. The molecule has 1 aliphatic carbocycles. The Labute approximate surface area is 113 Å². The van der Waals surface area contributed by atoms with Crippen LogP contribution in [0.2, 0.25) is 5.02 Å². The zero-order valence-electron chi connectivity index (χ0n) is 10.4. The fraction of sp³-hybridized carbons (Fsp3) is 0.467. The second-order valence-electron chi connectivity index (χ2n) is 4.68. The molecule has 18 heavy (non-hydrogen) atoms. The van der Waals surface area contributed by atoms with Crippen molar-refractivity contribution >= 4 is 11.6 Å². The van der Waals surface area contributed by atoms with Crippen LogP contribution in [-0.4, -0.2) is 17.8 Å². The summed E-state index contributed by atoms with van der Waals surface area (Å²) >= 11 is 5.87. The zero-order chi connectivity index (χ0) is 12.8. The topological polar surface area (TPSA) is 29.5 Å². The summed E-state index contributed by atoms with van der Waals surface area (Å²) in [6, 6.07) is 7.42. The predicted molar refractivity (Wildman–Crippen MR) is 74.1 cm³/mol. The maximum absolute atomic E-state index is 9.66. The van der Waals surface area contributed by atoms with Crippen LogP contribution in [0, 0.1) is 5.92 Å². The summed E-state index contributed by atoms with van der Waals surface area (Å²) in [5.41, 5.74) is 0. The summed E-state index contributed by atoms with van der Waals surface area (Å²) in [5.74, 6) is 1.15. The molecular weight excluding hydrogens is 248 g/mol. The van der Waals surface area contributed by atoms with Crippen LogP contribution < -0.4 is 4.74 Å². The van der Waals surface area contributed by atoms with Crippen LogP contribution >= 0.6 is 11.6 Å². The number of benzene rings is 1. The fourth-order valence-electron chi connectivity index (χ4n) is 2.27. The molecule has 0 heterocycles. The molecule has 98 valence electrons. The first-order valence-electron chi connectivity index (χ1n) is 6.49. The molecular formula is C15H19ClO2. The second kappa shape index (κ2) is 6.81. The molecule has 0 bridgehead atoms. The van der Waals surface area contributed by atoms with E-state index in [9.17, 15) is 5.11 Å². The van der Waals surface area contributed by atoms with E-state index in [1.54, 1.807) is 0 Å². The third-order valence-electron chi connectivity index (χ3n) is 3.26. The standard InChI is InChI=1S/C15H19ClO2/c16-13-7-4-8-14(11-13)18-10-2-1-5-12-6-3-9-15(12)17/h1,4-5,7-8,11-12,15,17H,2-3,6,9-10H2/b5-1+/t12?,15-/m1/s1. The van der Waals surface area contributed by atoms with Gasteiger partial charge in [-0.2, -0.15) is 0 Å². The lowest BCUT2D eigenvalue weighted by Gasteiger charge is -2.08. The molecule has 1 aromatic carbocycles. The minimum absolute atomic E-state index is 0.143. The van der Waals surface area contributed by atoms with E-state index >= 15 is 0 Å². The van der Waals surface area contributed by atoms with Gasteiger partial charge in [-0.1, -0.05) is 36.2 Å². The van der Waals surface area contributed by atoms with Crippen LogP contribution in [0.4, 0.5) is 0 Å². The Morgan fingerprint density at radius 3 is 3.00 bits per heavy atom. The van der Waals surface area contributed by atoms with Crippen LogP contribution in [0.25, 0.3) is 0 Å². The smallest absolute Gasteiger partial charge is 0.120 e. The highest BCUT2D eigenvalue weighted by atomic mass is 35.5. The summed E-state index contributed by atoms with van der Waals surface area (Å²) in [7, 11) is 0. The van der Waals surface area contributed by atoms with Gasteiger partial charge in [-0.15, -0.1) is 0 Å². The maximum atomic E-state index is 9.66. The molecule has 0 spiro atoms. The summed E-state index contributed by atoms with van der Waals surface area (Å²) in [6.45, 7) is 0.639. The number of aliphatic hydroxyl groups excluding tert-OH is 1. The van der Waals surface area contributed by atoms with Crippen molar-refractivity contribution in [2.24, 2.45) is 5.92 Å². The highest BCUT2D eigenvalue weighted by molar-refractivity contribution is 6.30. The van der Waals surface area contributed by atoms with E-state index in [0.717, 1.165) is 31.4 Å². The van der Waals surface area contributed by atoms with Crippen LogP contribution in [0.5, 0.6) is 5.75 Å². The first-order chi connectivity index (χ1) is 8.75. The van der Waals surface area contributed by atoms with E-state index in [1.165, 1.54) is 0 Å². The molecule has 0 saturated heterocycles. The highest BCUT2D eigenvalue weighted by Crippen LogP contribution is 2.26. The Kier molecular flexibility index (Phi) is 5.09. The Balaban J connectivity index is 1.68. The fourth-order valence-corrected chi connectivity index (χ4v) is 2.45. The van der Waals surface area contributed by atoms with Gasteiger partial charge in [-0.05, 0) is 37.5 Å². The number of hydrogen-bond donors (Lipinski definition) is 1. The van der Waals surface area contributed by atoms with Crippen molar-refractivity contribution in [2.45, 2.75) is 31.8 Å². The van der Waals surface area contributed by atoms with Crippen molar-refractivity contribution in [1.29, 1.82) is 0 Å². The van der Waals surface area contributed by atoms with Gasteiger partial charge >= 0.3 is 0 Å². The molecule has 0 aliphatic heterocycles. The molecule has 0 aromatic heterocycles. The third kappa shape index (κ3) is 4.04. The van der Waals surface area contributed by atoms with E-state index in [0.29, 0.717) is 17.5 Å². The van der Waals surface area contributed by atoms with Crippen LogP contribution in [0.1, 0.15) is 25.7 Å². The van der Waals surface area contributed by atoms with Gasteiger partial charge in [0.1, 0.15) is 5.75 Å². The van der Waals surface area contributed by atoms with Gasteiger partial charge in [0.05, 0.1) is 12.7 Å². The average molecular weight is 267 g/mol. The van der Waals surface area contributed by atoms with Crippen molar-refractivity contribution in [3.8, 4) is 5.75 Å². The van der Waals surface area contributed by atoms with Crippen molar-refractivity contribution in [3.05, 3.63) is 41.4 Å². The van der Waals surface area contributed by atoms with Crippen molar-refractivity contribution < 1.29 is 9.84 Å². The summed E-state index contributed by atoms with van der Waals surface area (Å²) in [4.78, 5) is 0. The molecule has 0 amide bonds. The SMILES string of the molecule is O[C@@H]1CCCC1/C=C/CCOc1cccc(Cl)c1. The lowest BCUT2D eigenvalue weighted by atomic mass is 10.1. The lowest BCUT2D eigenvalue weighted by Crippen LogP contribution is -2.09. The monoisotopic (exact) mass is 266 g/mol. The molecule has 3 heteroatoms. The first kappa shape index (κ1) is 13.4. The third-order valence-corrected chi connectivity index (χ3v) is 3.50. The van der Waals surface area contributed by atoms with E-state index in [2.05, 4.69) is 12.2 Å². The van der Waals surface area contributed by atoms with Gasteiger partial charge in [0.25, 0.3) is 0 Å². The molecule has 1 saturated carbocycles. The minimum Gasteiger partial charge on any atom is -0.493 e. The number of rotatable bonds is 5. The van der Waals surface area contributed by atoms with Gasteiger partial charge in [-0.25, -0.2) is 0 Å². The van der Waals surface area contributed by atoms with Gasteiger partial charge < -0.3 is 9.84 Å². The predicted octanol–water partition coefficient (Wildman–Crippen LogP) is 3.83. The first-order valence-corrected chi connectivity index (χ1v) is 6.86. The van der Waals surface area contributed by atoms with Crippen molar-refractivity contribution in [3.63, 3.8) is 0 Å². The largest absolute Gasteiger partial charge is 0.493 e. The van der Waals surface area contributed by atoms with Crippen molar-refractivity contribution in [1.82, 2.24) is 0 Å². The van der Waals surface area contributed by atoms with Crippen LogP contribution in [-0.2, 0) is 0 Å². The normalized spacial score (nSPS) is 23.7. The molecule has 1 unspecified atom stereocenters. The Morgan fingerprint density at radius 1 is 1.39 bits per heavy atom. The Bertz CT molecular complexity index is 403. The van der Waals surface area contributed by atoms with Gasteiger partial charge in [0, 0.05) is 10.9 Å². The van der Waals surface area contributed by atoms with E-state index < -0.39 is 0 Å². The molecule has 2 nitrogen and oxygen atoms in total. The molecule has 2 rings (SSSR count). The number of ether oxygens (including phenoxy) is 1. The second-order valence-corrected chi connectivity index (χ2v) is 5.12. The lowest BCUT2D eigenvalue weighted by molar-refractivity contribution is 0.153. The summed E-state index contributed by atoms with van der Waals surface area (Å²) in [5, 5.41) is 10.3. The summed E-state index contributed by atoms with van der Waals surface area (Å²) < 4.78 is 5.58. The van der Waals surface area contributed by atoms with Gasteiger partial charge in [0.2, 0.25) is 0 Å². The number of aliphatic hydroxyl groups is 1. The van der Waals surface area contributed by atoms with E-state index in [-0.39, 0.29) is 6.10 Å². The number of halogens is 1. The van der Waals surface area contributed by atoms with Crippen molar-refractivity contribution in [2.75, 3.05) is 6.61 Å². The zero-order valence-corrected chi connectivity index (χ0v) is 11.1. The average Bonchev–Trinajstić information content (AvgIpc) is 2.75. The van der Waals surface area contributed by atoms with E-state index in [1.807, 2.05) is 24.3 Å². The maximum Gasteiger partial charge on any atom is 0.120 e. The Morgan fingerprint density at radius 2 is 2.28 bits per heavy atom. The van der Waals surface area contributed by atoms with E-state index in [4.69, 9.17) is 16.3 Å². The molecule has 0 radical (unpaired) electrons. The van der Waals surface area contributed by atoms with Crippen LogP contribution in [0.3, 0.4) is 0 Å². The van der Waals surface area contributed by atoms with Crippen LogP contribution in [0.15, 0.2) is 36.4 Å². The highest BCUT2D eigenvalue weighted by Gasteiger charge is 2.21. The molecule has 1 aromatic rings. The molecule has 1 N–H and O–H groups in total. The summed E-state index contributed by atoms with van der Waals surface area (Å²) in [6.07, 6.45) is 8.12. The van der Waals surface area contributed by atoms with Gasteiger partial charge in [-0.3, -0.25) is 0 Å².